The van der Waals surface area contributed by atoms with Crippen LogP contribution >= 0.6 is 0 Å². The Labute approximate surface area is 104 Å². The highest BCUT2D eigenvalue weighted by atomic mass is 16.3. The predicted octanol–water partition coefficient (Wildman–Crippen LogP) is 1.36. The third kappa shape index (κ3) is 3.80. The Hall–Kier alpha value is -0.900. The first kappa shape index (κ1) is 12.6. The van der Waals surface area contributed by atoms with E-state index in [0.717, 1.165) is 44.7 Å². The van der Waals surface area contributed by atoms with Crippen molar-refractivity contribution in [3.05, 3.63) is 35.9 Å². The van der Waals surface area contributed by atoms with Crippen molar-refractivity contribution in [2.45, 2.75) is 12.5 Å². The summed E-state index contributed by atoms with van der Waals surface area (Å²) in [7, 11) is 2.16. The van der Waals surface area contributed by atoms with Gasteiger partial charge in [-0.1, -0.05) is 30.3 Å². The molecular weight excluding hydrogens is 212 g/mol. The van der Waals surface area contributed by atoms with Crippen LogP contribution in [0.25, 0.3) is 0 Å². The van der Waals surface area contributed by atoms with E-state index < -0.39 is 0 Å². The highest BCUT2D eigenvalue weighted by Gasteiger charge is 2.15. The lowest BCUT2D eigenvalue weighted by Crippen LogP contribution is -2.44. The summed E-state index contributed by atoms with van der Waals surface area (Å²) in [5.74, 6) is 0. The number of piperazine rings is 1. The second kappa shape index (κ2) is 6.15. The third-order valence-corrected chi connectivity index (χ3v) is 3.50. The first-order valence-corrected chi connectivity index (χ1v) is 6.39. The van der Waals surface area contributed by atoms with Crippen LogP contribution in [-0.2, 0) is 0 Å². The van der Waals surface area contributed by atoms with Crippen LogP contribution in [0.2, 0.25) is 0 Å². The summed E-state index contributed by atoms with van der Waals surface area (Å²) in [6.45, 7) is 5.52. The van der Waals surface area contributed by atoms with Crippen LogP contribution in [0.1, 0.15) is 18.1 Å². The minimum absolute atomic E-state index is 0.323. The second-order valence-electron chi connectivity index (χ2n) is 4.86. The van der Waals surface area contributed by atoms with Crippen molar-refractivity contribution in [3.8, 4) is 0 Å². The molecule has 2 rings (SSSR count). The normalized spacial score (nSPS) is 20.4. The highest BCUT2D eigenvalue weighted by Crippen LogP contribution is 2.16. The quantitative estimate of drug-likeness (QED) is 0.852. The van der Waals surface area contributed by atoms with Crippen molar-refractivity contribution in [2.24, 2.45) is 0 Å². The van der Waals surface area contributed by atoms with E-state index in [9.17, 15) is 5.11 Å². The van der Waals surface area contributed by atoms with Gasteiger partial charge in [-0.15, -0.1) is 0 Å². The minimum Gasteiger partial charge on any atom is -0.388 e. The molecule has 1 aliphatic heterocycles. The largest absolute Gasteiger partial charge is 0.388 e. The molecule has 0 bridgehead atoms. The Morgan fingerprint density at radius 3 is 2.41 bits per heavy atom. The summed E-state index contributed by atoms with van der Waals surface area (Å²) < 4.78 is 0. The topological polar surface area (TPSA) is 26.7 Å². The van der Waals surface area contributed by atoms with E-state index in [1.54, 1.807) is 0 Å². The number of benzene rings is 1. The molecule has 1 aliphatic rings. The molecule has 17 heavy (non-hydrogen) atoms. The van der Waals surface area contributed by atoms with Gasteiger partial charge >= 0.3 is 0 Å². The standard InChI is InChI=1S/C14H22N2O/c1-15-9-11-16(12-10-15)8-7-14(17)13-5-3-2-4-6-13/h2-6,14,17H,7-12H2,1H3/t14-/m0/s1. The molecule has 0 amide bonds. The zero-order chi connectivity index (χ0) is 12.1. The van der Waals surface area contributed by atoms with Crippen LogP contribution in [0.3, 0.4) is 0 Å². The van der Waals surface area contributed by atoms with Crippen LogP contribution in [0.15, 0.2) is 30.3 Å². The molecule has 1 atom stereocenters. The van der Waals surface area contributed by atoms with Gasteiger partial charge in [-0.2, -0.15) is 0 Å². The molecule has 1 fully saturated rings. The van der Waals surface area contributed by atoms with E-state index in [-0.39, 0.29) is 6.10 Å². The fourth-order valence-electron chi connectivity index (χ4n) is 2.22. The maximum Gasteiger partial charge on any atom is 0.0802 e. The van der Waals surface area contributed by atoms with Crippen LogP contribution in [0.4, 0.5) is 0 Å². The monoisotopic (exact) mass is 234 g/mol. The molecule has 94 valence electrons. The highest BCUT2D eigenvalue weighted by molar-refractivity contribution is 5.17. The van der Waals surface area contributed by atoms with Crippen LogP contribution in [0.5, 0.6) is 0 Å². The van der Waals surface area contributed by atoms with Crippen LogP contribution in [-0.4, -0.2) is 54.7 Å². The van der Waals surface area contributed by atoms with Gasteiger partial charge in [-0.25, -0.2) is 0 Å². The summed E-state index contributed by atoms with van der Waals surface area (Å²) in [4.78, 5) is 4.79. The molecular formula is C14H22N2O. The Morgan fingerprint density at radius 2 is 1.76 bits per heavy atom. The Balaban J connectivity index is 1.75. The van der Waals surface area contributed by atoms with Crippen molar-refractivity contribution >= 4 is 0 Å². The summed E-state index contributed by atoms with van der Waals surface area (Å²) in [6, 6.07) is 9.93. The van der Waals surface area contributed by atoms with Gasteiger partial charge in [0.1, 0.15) is 0 Å². The van der Waals surface area contributed by atoms with E-state index >= 15 is 0 Å². The molecule has 0 aromatic heterocycles. The average molecular weight is 234 g/mol. The zero-order valence-corrected chi connectivity index (χ0v) is 10.5. The molecule has 0 radical (unpaired) electrons. The van der Waals surface area contributed by atoms with Crippen molar-refractivity contribution in [1.82, 2.24) is 9.80 Å². The third-order valence-electron chi connectivity index (χ3n) is 3.50. The van der Waals surface area contributed by atoms with E-state index in [1.165, 1.54) is 0 Å². The fraction of sp³-hybridized carbons (Fsp3) is 0.571. The molecule has 1 aromatic carbocycles. The molecule has 0 unspecified atom stereocenters. The van der Waals surface area contributed by atoms with Crippen molar-refractivity contribution in [3.63, 3.8) is 0 Å². The molecule has 0 aliphatic carbocycles. The van der Waals surface area contributed by atoms with Gasteiger partial charge in [0.15, 0.2) is 0 Å². The number of nitrogens with zero attached hydrogens (tertiary/aromatic N) is 2. The summed E-state index contributed by atoms with van der Waals surface area (Å²) in [5.41, 5.74) is 1.03. The lowest BCUT2D eigenvalue weighted by molar-refractivity contribution is 0.113. The van der Waals surface area contributed by atoms with E-state index in [4.69, 9.17) is 0 Å². The fourth-order valence-corrected chi connectivity index (χ4v) is 2.22. The van der Waals surface area contributed by atoms with Gasteiger partial charge in [0.2, 0.25) is 0 Å². The van der Waals surface area contributed by atoms with Gasteiger partial charge < -0.3 is 14.9 Å². The number of hydrogen-bond donors (Lipinski definition) is 1. The first-order chi connectivity index (χ1) is 8.25. The van der Waals surface area contributed by atoms with E-state index in [1.807, 2.05) is 30.3 Å². The molecule has 1 N–H and O–H groups in total. The number of hydrogen-bond acceptors (Lipinski definition) is 3. The Bertz CT molecular complexity index is 320. The minimum atomic E-state index is -0.323. The molecule has 3 nitrogen and oxygen atoms in total. The molecule has 3 heteroatoms. The summed E-state index contributed by atoms with van der Waals surface area (Å²) >= 11 is 0. The SMILES string of the molecule is CN1CCN(CC[C@H](O)c2ccccc2)CC1. The summed E-state index contributed by atoms with van der Waals surface area (Å²) in [6.07, 6.45) is 0.504. The van der Waals surface area contributed by atoms with Gasteiger partial charge in [0, 0.05) is 32.7 Å². The number of likely N-dealkylation sites (N-methyl/N-ethyl adjacent to an activating group) is 1. The van der Waals surface area contributed by atoms with Crippen LogP contribution in [0, 0.1) is 0 Å². The molecule has 0 spiro atoms. The lowest BCUT2D eigenvalue weighted by Gasteiger charge is -2.32. The van der Waals surface area contributed by atoms with Gasteiger partial charge in [0.25, 0.3) is 0 Å². The molecule has 1 saturated heterocycles. The van der Waals surface area contributed by atoms with Gasteiger partial charge in [0.05, 0.1) is 6.10 Å². The first-order valence-electron chi connectivity index (χ1n) is 6.39. The van der Waals surface area contributed by atoms with E-state index in [0.29, 0.717) is 0 Å². The summed E-state index contributed by atoms with van der Waals surface area (Å²) in [5, 5.41) is 10.1. The molecule has 0 saturated carbocycles. The lowest BCUT2D eigenvalue weighted by atomic mass is 10.1. The van der Waals surface area contributed by atoms with Crippen molar-refractivity contribution in [2.75, 3.05) is 39.8 Å². The molecule has 1 aromatic rings. The van der Waals surface area contributed by atoms with Gasteiger partial charge in [-0.05, 0) is 19.0 Å². The van der Waals surface area contributed by atoms with Gasteiger partial charge in [-0.3, -0.25) is 0 Å². The number of rotatable bonds is 4. The predicted molar refractivity (Wildman–Crippen MR) is 70.0 cm³/mol. The Kier molecular flexibility index (Phi) is 4.54. The second-order valence-corrected chi connectivity index (χ2v) is 4.86. The van der Waals surface area contributed by atoms with E-state index in [2.05, 4.69) is 16.8 Å². The molecule has 1 heterocycles. The zero-order valence-electron chi connectivity index (χ0n) is 10.5. The Morgan fingerprint density at radius 1 is 1.12 bits per heavy atom. The smallest absolute Gasteiger partial charge is 0.0802 e. The van der Waals surface area contributed by atoms with Crippen LogP contribution < -0.4 is 0 Å². The maximum absolute atomic E-state index is 10.1. The maximum atomic E-state index is 10.1. The number of aliphatic hydroxyl groups excluding tert-OH is 1. The average Bonchev–Trinajstić information content (AvgIpc) is 2.39. The van der Waals surface area contributed by atoms with Crippen molar-refractivity contribution < 1.29 is 5.11 Å². The van der Waals surface area contributed by atoms with Crippen molar-refractivity contribution in [1.29, 1.82) is 0 Å². The number of aliphatic hydroxyl groups is 1.